The molecule has 0 unspecified atom stereocenters. The fourth-order valence-corrected chi connectivity index (χ4v) is 2.50. The van der Waals surface area contributed by atoms with Crippen LogP contribution in [0, 0.1) is 5.92 Å². The molecule has 0 aromatic carbocycles. The average Bonchev–Trinajstić information content (AvgIpc) is 2.63. The summed E-state index contributed by atoms with van der Waals surface area (Å²) in [6.07, 6.45) is 0.423. The van der Waals surface area contributed by atoms with Gasteiger partial charge in [0.1, 0.15) is 6.04 Å². The number of rotatable bonds is 5. The molecule has 17 heavy (non-hydrogen) atoms. The van der Waals surface area contributed by atoms with Gasteiger partial charge in [0.15, 0.2) is 0 Å². The van der Waals surface area contributed by atoms with Gasteiger partial charge in [-0.1, -0.05) is 13.8 Å². The molecule has 0 aliphatic rings. The van der Waals surface area contributed by atoms with Crippen LogP contribution >= 0.6 is 27.3 Å². The van der Waals surface area contributed by atoms with Crippen LogP contribution in [0.25, 0.3) is 0 Å². The third-order valence-electron chi connectivity index (χ3n) is 2.14. The molecule has 1 aromatic heterocycles. The Morgan fingerprint density at radius 3 is 2.59 bits per heavy atom. The molecule has 1 aromatic rings. The van der Waals surface area contributed by atoms with E-state index in [4.69, 9.17) is 5.11 Å². The number of carbonyl (C=O) groups excluding carboxylic acids is 1. The van der Waals surface area contributed by atoms with Crippen LogP contribution in [0.15, 0.2) is 15.2 Å². The molecule has 4 nitrogen and oxygen atoms in total. The van der Waals surface area contributed by atoms with Crippen molar-refractivity contribution in [1.82, 2.24) is 5.32 Å². The number of carboxylic acid groups (broad SMARTS) is 1. The van der Waals surface area contributed by atoms with Crippen molar-refractivity contribution in [3.05, 3.63) is 20.8 Å². The Morgan fingerprint density at radius 1 is 1.53 bits per heavy atom. The van der Waals surface area contributed by atoms with E-state index in [1.54, 1.807) is 11.4 Å². The number of halogens is 1. The summed E-state index contributed by atoms with van der Waals surface area (Å²) in [5.41, 5.74) is 0.483. The highest BCUT2D eigenvalue weighted by molar-refractivity contribution is 9.11. The molecular formula is C11H14BrNO3S. The fourth-order valence-electron chi connectivity index (χ4n) is 1.36. The molecule has 1 atom stereocenters. The van der Waals surface area contributed by atoms with E-state index < -0.39 is 12.0 Å². The third kappa shape index (κ3) is 4.47. The number of thiophene rings is 1. The molecule has 0 aliphatic heterocycles. The van der Waals surface area contributed by atoms with Crippen LogP contribution in [0.2, 0.25) is 0 Å². The second kappa shape index (κ2) is 6.16. The average molecular weight is 320 g/mol. The maximum absolute atomic E-state index is 11.8. The molecule has 6 heteroatoms. The monoisotopic (exact) mass is 319 g/mol. The molecule has 0 saturated carbocycles. The van der Waals surface area contributed by atoms with E-state index >= 15 is 0 Å². The van der Waals surface area contributed by atoms with Gasteiger partial charge in [0, 0.05) is 5.38 Å². The van der Waals surface area contributed by atoms with Gasteiger partial charge in [-0.25, -0.2) is 4.79 Å². The Kier molecular flexibility index (Phi) is 5.14. The summed E-state index contributed by atoms with van der Waals surface area (Å²) in [4.78, 5) is 22.8. The van der Waals surface area contributed by atoms with E-state index in [1.807, 2.05) is 13.8 Å². The van der Waals surface area contributed by atoms with Crippen LogP contribution in [-0.4, -0.2) is 23.0 Å². The lowest BCUT2D eigenvalue weighted by Crippen LogP contribution is -2.41. The Labute approximate surface area is 112 Å². The van der Waals surface area contributed by atoms with Crippen LogP contribution in [-0.2, 0) is 4.79 Å². The summed E-state index contributed by atoms with van der Waals surface area (Å²) in [5.74, 6) is -1.13. The molecule has 1 heterocycles. The molecular weight excluding hydrogens is 306 g/mol. The second-order valence-corrected chi connectivity index (χ2v) is 6.42. The summed E-state index contributed by atoms with van der Waals surface area (Å²) in [5, 5.41) is 13.2. The number of hydrogen-bond donors (Lipinski definition) is 2. The van der Waals surface area contributed by atoms with Gasteiger partial charge < -0.3 is 10.4 Å². The van der Waals surface area contributed by atoms with Gasteiger partial charge in [0.05, 0.1) is 9.35 Å². The summed E-state index contributed by atoms with van der Waals surface area (Å²) in [6, 6.07) is 0.843. The van der Waals surface area contributed by atoms with Gasteiger partial charge in [0.2, 0.25) is 0 Å². The fraction of sp³-hybridized carbons (Fsp3) is 0.455. The van der Waals surface area contributed by atoms with Gasteiger partial charge in [0.25, 0.3) is 5.91 Å². The second-order valence-electron chi connectivity index (χ2n) is 4.13. The van der Waals surface area contributed by atoms with Crippen LogP contribution in [0.4, 0.5) is 0 Å². The molecule has 2 N–H and O–H groups in total. The van der Waals surface area contributed by atoms with Crippen molar-refractivity contribution in [2.75, 3.05) is 0 Å². The first-order chi connectivity index (χ1) is 7.90. The van der Waals surface area contributed by atoms with Crippen LogP contribution < -0.4 is 5.32 Å². The zero-order chi connectivity index (χ0) is 13.0. The van der Waals surface area contributed by atoms with Gasteiger partial charge in [-0.3, -0.25) is 4.79 Å². The number of carbonyl (C=O) groups is 2. The summed E-state index contributed by atoms with van der Waals surface area (Å²) in [7, 11) is 0. The van der Waals surface area contributed by atoms with E-state index in [2.05, 4.69) is 21.2 Å². The number of carboxylic acids is 1. The van der Waals surface area contributed by atoms with E-state index in [0.29, 0.717) is 12.0 Å². The largest absolute Gasteiger partial charge is 0.480 e. The zero-order valence-electron chi connectivity index (χ0n) is 9.57. The molecule has 0 radical (unpaired) electrons. The normalized spacial score (nSPS) is 12.5. The molecule has 1 rings (SSSR count). The molecule has 0 saturated heterocycles. The Balaban J connectivity index is 2.67. The van der Waals surface area contributed by atoms with Gasteiger partial charge in [-0.05, 0) is 34.3 Å². The van der Waals surface area contributed by atoms with Crippen molar-refractivity contribution in [2.45, 2.75) is 26.3 Å². The molecule has 0 spiro atoms. The van der Waals surface area contributed by atoms with Gasteiger partial charge in [-0.15, -0.1) is 11.3 Å². The highest BCUT2D eigenvalue weighted by Gasteiger charge is 2.22. The van der Waals surface area contributed by atoms with E-state index in [0.717, 1.165) is 3.79 Å². The zero-order valence-corrected chi connectivity index (χ0v) is 12.0. The minimum atomic E-state index is -0.999. The molecule has 0 fully saturated rings. The summed E-state index contributed by atoms with van der Waals surface area (Å²) >= 11 is 4.65. The summed E-state index contributed by atoms with van der Waals surface area (Å²) in [6.45, 7) is 3.84. The van der Waals surface area contributed by atoms with Crippen LogP contribution in [0.3, 0.4) is 0 Å². The quantitative estimate of drug-likeness (QED) is 0.877. The number of hydrogen-bond acceptors (Lipinski definition) is 3. The smallest absolute Gasteiger partial charge is 0.326 e. The predicted molar refractivity (Wildman–Crippen MR) is 70.4 cm³/mol. The minimum Gasteiger partial charge on any atom is -0.480 e. The molecule has 1 amide bonds. The Hall–Kier alpha value is -0.880. The van der Waals surface area contributed by atoms with Gasteiger partial charge >= 0.3 is 5.97 Å². The van der Waals surface area contributed by atoms with Crippen molar-refractivity contribution < 1.29 is 14.7 Å². The van der Waals surface area contributed by atoms with Gasteiger partial charge in [-0.2, -0.15) is 0 Å². The minimum absolute atomic E-state index is 0.214. The van der Waals surface area contributed by atoms with E-state index in [9.17, 15) is 9.59 Å². The number of nitrogens with one attached hydrogen (secondary N) is 1. The van der Waals surface area contributed by atoms with Crippen molar-refractivity contribution in [1.29, 1.82) is 0 Å². The lowest BCUT2D eigenvalue weighted by molar-refractivity contribution is -0.139. The Morgan fingerprint density at radius 2 is 2.18 bits per heavy atom. The highest BCUT2D eigenvalue weighted by Crippen LogP contribution is 2.20. The lowest BCUT2D eigenvalue weighted by Gasteiger charge is -2.15. The van der Waals surface area contributed by atoms with E-state index in [-0.39, 0.29) is 11.8 Å². The number of amides is 1. The van der Waals surface area contributed by atoms with E-state index in [1.165, 1.54) is 11.3 Å². The van der Waals surface area contributed by atoms with Crippen molar-refractivity contribution in [3.8, 4) is 0 Å². The first-order valence-electron chi connectivity index (χ1n) is 5.18. The van der Waals surface area contributed by atoms with Crippen molar-refractivity contribution in [3.63, 3.8) is 0 Å². The van der Waals surface area contributed by atoms with Crippen LogP contribution in [0.1, 0.15) is 30.6 Å². The molecule has 0 bridgehead atoms. The first-order valence-corrected chi connectivity index (χ1v) is 6.85. The standard InChI is InChI=1S/C11H14BrNO3S/c1-6(2)3-8(11(15)16)13-10(14)7-4-9(12)17-5-7/h4-6,8H,3H2,1-2H3,(H,13,14)(H,15,16)/t8-/m0/s1. The third-order valence-corrected chi connectivity index (χ3v) is 3.64. The highest BCUT2D eigenvalue weighted by atomic mass is 79.9. The number of aliphatic carboxylic acids is 1. The van der Waals surface area contributed by atoms with Crippen molar-refractivity contribution in [2.24, 2.45) is 5.92 Å². The SMILES string of the molecule is CC(C)C[C@H](NC(=O)c1csc(Br)c1)C(=O)O. The molecule has 0 aliphatic carbocycles. The maximum atomic E-state index is 11.8. The first kappa shape index (κ1) is 14.2. The Bertz CT molecular complexity index is 417. The predicted octanol–water partition coefficient (Wildman–Crippen LogP) is 2.74. The summed E-state index contributed by atoms with van der Waals surface area (Å²) < 4.78 is 0.846. The molecule has 94 valence electrons. The lowest BCUT2D eigenvalue weighted by atomic mass is 10.0. The topological polar surface area (TPSA) is 66.4 Å². The van der Waals surface area contributed by atoms with Crippen LogP contribution in [0.5, 0.6) is 0 Å². The van der Waals surface area contributed by atoms with Crippen molar-refractivity contribution >= 4 is 39.1 Å². The maximum Gasteiger partial charge on any atom is 0.326 e.